The van der Waals surface area contributed by atoms with Gasteiger partial charge in [-0.25, -0.2) is 8.78 Å². The van der Waals surface area contributed by atoms with Crippen LogP contribution in [0.15, 0.2) is 42.5 Å². The molecule has 1 unspecified atom stereocenters. The molecule has 2 rings (SSSR count). The summed E-state index contributed by atoms with van der Waals surface area (Å²) in [5, 5.41) is 12.7. The number of halogens is 2. The van der Waals surface area contributed by atoms with E-state index in [1.807, 2.05) is 18.2 Å². The Morgan fingerprint density at radius 2 is 1.89 bits per heavy atom. The molecular weight excluding hydrogens is 248 g/mol. The summed E-state index contributed by atoms with van der Waals surface area (Å²) >= 11 is 0. The Kier molecular flexibility index (Phi) is 4.12. The van der Waals surface area contributed by atoms with Gasteiger partial charge in [-0.1, -0.05) is 24.3 Å². The lowest BCUT2D eigenvalue weighted by molar-refractivity contribution is 0.200. The van der Waals surface area contributed by atoms with Gasteiger partial charge in [0.25, 0.3) is 0 Å². The number of hydrogen-bond donors (Lipinski definition) is 2. The van der Waals surface area contributed by atoms with Crippen LogP contribution in [0.1, 0.15) is 24.2 Å². The molecule has 0 amide bonds. The maximum absolute atomic E-state index is 13.5. The first-order chi connectivity index (χ1) is 9.08. The van der Waals surface area contributed by atoms with Crippen LogP contribution >= 0.6 is 0 Å². The Morgan fingerprint density at radius 1 is 1.16 bits per heavy atom. The molecule has 0 aliphatic rings. The first kappa shape index (κ1) is 13.5. The van der Waals surface area contributed by atoms with Crippen molar-refractivity contribution >= 4 is 5.69 Å². The second-order valence-corrected chi connectivity index (χ2v) is 4.35. The van der Waals surface area contributed by atoms with Gasteiger partial charge in [-0.2, -0.15) is 0 Å². The number of hydrogen-bond acceptors (Lipinski definition) is 2. The van der Waals surface area contributed by atoms with Crippen LogP contribution in [0.2, 0.25) is 0 Å². The molecule has 4 heteroatoms. The maximum Gasteiger partial charge on any atom is 0.131 e. The number of rotatable bonds is 4. The van der Waals surface area contributed by atoms with Crippen LogP contribution in [0.5, 0.6) is 0 Å². The van der Waals surface area contributed by atoms with E-state index < -0.39 is 17.7 Å². The van der Waals surface area contributed by atoms with E-state index in [1.165, 1.54) is 12.1 Å². The Labute approximate surface area is 110 Å². The first-order valence-electron chi connectivity index (χ1n) is 6.02. The lowest BCUT2D eigenvalue weighted by Gasteiger charge is -2.14. The predicted molar refractivity (Wildman–Crippen MR) is 70.8 cm³/mol. The molecule has 0 fully saturated rings. The van der Waals surface area contributed by atoms with Crippen LogP contribution in [0.4, 0.5) is 14.5 Å². The van der Waals surface area contributed by atoms with Crippen LogP contribution in [0.3, 0.4) is 0 Å². The highest BCUT2D eigenvalue weighted by Crippen LogP contribution is 2.23. The highest BCUT2D eigenvalue weighted by atomic mass is 19.1. The predicted octanol–water partition coefficient (Wildman–Crippen LogP) is 3.63. The summed E-state index contributed by atoms with van der Waals surface area (Å²) in [6.45, 7) is 1.90. The zero-order valence-corrected chi connectivity index (χ0v) is 10.5. The monoisotopic (exact) mass is 263 g/mol. The second kappa shape index (κ2) is 5.80. The van der Waals surface area contributed by atoms with Crippen molar-refractivity contribution in [3.8, 4) is 0 Å². The van der Waals surface area contributed by atoms with Crippen LogP contribution in [0, 0.1) is 11.6 Å². The third-order valence-corrected chi connectivity index (χ3v) is 2.90. The van der Waals surface area contributed by atoms with Crippen molar-refractivity contribution in [1.82, 2.24) is 0 Å². The molecule has 2 aromatic carbocycles. The van der Waals surface area contributed by atoms with Crippen molar-refractivity contribution in [2.75, 3.05) is 5.32 Å². The van der Waals surface area contributed by atoms with Gasteiger partial charge in [-0.15, -0.1) is 0 Å². The molecule has 0 spiro atoms. The van der Waals surface area contributed by atoms with Crippen molar-refractivity contribution in [1.29, 1.82) is 0 Å². The Balaban J connectivity index is 2.14. The maximum atomic E-state index is 13.5. The van der Waals surface area contributed by atoms with E-state index in [9.17, 15) is 13.9 Å². The lowest BCUT2D eigenvalue weighted by atomic mass is 10.1. The summed E-state index contributed by atoms with van der Waals surface area (Å²) in [7, 11) is 0. The molecule has 2 aromatic rings. The zero-order valence-electron chi connectivity index (χ0n) is 10.5. The summed E-state index contributed by atoms with van der Waals surface area (Å²) in [4.78, 5) is 0. The number of aliphatic hydroxyl groups is 1. The topological polar surface area (TPSA) is 32.3 Å². The minimum absolute atomic E-state index is 0.232. The summed E-state index contributed by atoms with van der Waals surface area (Å²) in [6, 6.07) is 10.7. The highest BCUT2D eigenvalue weighted by Gasteiger charge is 2.08. The van der Waals surface area contributed by atoms with Gasteiger partial charge in [0.15, 0.2) is 0 Å². The molecule has 0 aromatic heterocycles. The molecule has 0 heterocycles. The Bertz CT molecular complexity index is 570. The van der Waals surface area contributed by atoms with E-state index in [0.29, 0.717) is 5.56 Å². The van der Waals surface area contributed by atoms with Crippen LogP contribution in [0.25, 0.3) is 0 Å². The summed E-state index contributed by atoms with van der Waals surface area (Å²) < 4.78 is 26.3. The van der Waals surface area contributed by atoms with E-state index in [4.69, 9.17) is 0 Å². The van der Waals surface area contributed by atoms with E-state index in [2.05, 4.69) is 5.32 Å². The molecule has 2 N–H and O–H groups in total. The number of aliphatic hydroxyl groups excluding tert-OH is 1. The average Bonchev–Trinajstić information content (AvgIpc) is 2.38. The highest BCUT2D eigenvalue weighted by molar-refractivity contribution is 5.52. The van der Waals surface area contributed by atoms with Gasteiger partial charge in [0.05, 0.1) is 6.10 Å². The Morgan fingerprint density at radius 3 is 2.58 bits per heavy atom. The lowest BCUT2D eigenvalue weighted by Crippen LogP contribution is -2.05. The fourth-order valence-corrected chi connectivity index (χ4v) is 1.88. The van der Waals surface area contributed by atoms with E-state index in [1.54, 1.807) is 13.0 Å². The van der Waals surface area contributed by atoms with E-state index >= 15 is 0 Å². The molecule has 1 atom stereocenters. The number of nitrogens with one attached hydrogen (secondary N) is 1. The van der Waals surface area contributed by atoms with Gasteiger partial charge in [-0.3, -0.25) is 0 Å². The molecule has 19 heavy (non-hydrogen) atoms. The molecule has 2 nitrogen and oxygen atoms in total. The summed E-state index contributed by atoms with van der Waals surface area (Å²) in [5.74, 6) is -1.17. The SMILES string of the molecule is CC(O)c1ccccc1NCc1ccc(F)cc1F. The molecular formula is C15H15F2NO. The van der Waals surface area contributed by atoms with Gasteiger partial charge >= 0.3 is 0 Å². The number of benzene rings is 2. The van der Waals surface area contributed by atoms with Crippen molar-refractivity contribution in [2.45, 2.75) is 19.6 Å². The molecule has 0 aliphatic carbocycles. The van der Waals surface area contributed by atoms with Crippen molar-refractivity contribution in [2.24, 2.45) is 0 Å². The van der Waals surface area contributed by atoms with Crippen LogP contribution in [-0.2, 0) is 6.54 Å². The minimum Gasteiger partial charge on any atom is -0.389 e. The van der Waals surface area contributed by atoms with Gasteiger partial charge < -0.3 is 10.4 Å². The molecule has 100 valence electrons. The standard InChI is InChI=1S/C15H15F2NO/c1-10(19)13-4-2-3-5-15(13)18-9-11-6-7-12(16)8-14(11)17/h2-8,10,18-19H,9H2,1H3. The third-order valence-electron chi connectivity index (χ3n) is 2.90. The fraction of sp³-hybridized carbons (Fsp3) is 0.200. The van der Waals surface area contributed by atoms with Gasteiger partial charge in [0, 0.05) is 29.4 Å². The Hall–Kier alpha value is -1.94. The number of para-hydroxylation sites is 1. The molecule has 0 radical (unpaired) electrons. The quantitative estimate of drug-likeness (QED) is 0.882. The largest absolute Gasteiger partial charge is 0.389 e. The summed E-state index contributed by atoms with van der Waals surface area (Å²) in [5.41, 5.74) is 1.85. The molecule has 0 aliphatic heterocycles. The first-order valence-corrected chi connectivity index (χ1v) is 6.02. The molecule has 0 saturated heterocycles. The summed E-state index contributed by atoms with van der Waals surface area (Å²) in [6.07, 6.45) is -0.609. The number of anilines is 1. The van der Waals surface area contributed by atoms with Crippen molar-refractivity contribution in [3.63, 3.8) is 0 Å². The second-order valence-electron chi connectivity index (χ2n) is 4.35. The van der Waals surface area contributed by atoms with Gasteiger partial charge in [0.1, 0.15) is 11.6 Å². The fourth-order valence-electron chi connectivity index (χ4n) is 1.88. The van der Waals surface area contributed by atoms with E-state index in [-0.39, 0.29) is 6.54 Å². The smallest absolute Gasteiger partial charge is 0.131 e. The minimum atomic E-state index is -0.609. The van der Waals surface area contributed by atoms with Crippen molar-refractivity contribution in [3.05, 3.63) is 65.2 Å². The average molecular weight is 263 g/mol. The van der Waals surface area contributed by atoms with Gasteiger partial charge in [0.2, 0.25) is 0 Å². The van der Waals surface area contributed by atoms with Crippen LogP contribution in [-0.4, -0.2) is 5.11 Å². The normalized spacial score (nSPS) is 12.2. The third kappa shape index (κ3) is 3.29. The van der Waals surface area contributed by atoms with Crippen molar-refractivity contribution < 1.29 is 13.9 Å². The van der Waals surface area contributed by atoms with Gasteiger partial charge in [-0.05, 0) is 19.1 Å². The van der Waals surface area contributed by atoms with Crippen LogP contribution < -0.4 is 5.32 Å². The molecule has 0 bridgehead atoms. The zero-order chi connectivity index (χ0) is 13.8. The van der Waals surface area contributed by atoms with E-state index in [0.717, 1.165) is 17.3 Å². The molecule has 0 saturated carbocycles.